The molecule has 0 saturated carbocycles. The zero-order valence-corrected chi connectivity index (χ0v) is 17.1. The number of aryl methyl sites for hydroxylation is 1. The SMILES string of the molecule is COc1cc(C(=O)N(C)C)ccc1NC(=O)N(C)CCCCc1ccccc1. The van der Waals surface area contributed by atoms with Gasteiger partial charge < -0.3 is 19.9 Å². The minimum atomic E-state index is -0.204. The van der Waals surface area contributed by atoms with Gasteiger partial charge in [0.2, 0.25) is 0 Å². The number of nitrogens with zero attached hydrogens (tertiary/aromatic N) is 2. The van der Waals surface area contributed by atoms with Crippen molar-refractivity contribution in [2.75, 3.05) is 40.1 Å². The van der Waals surface area contributed by atoms with Gasteiger partial charge in [0.15, 0.2) is 0 Å². The summed E-state index contributed by atoms with van der Waals surface area (Å²) in [6.45, 7) is 0.665. The largest absolute Gasteiger partial charge is 0.495 e. The summed E-state index contributed by atoms with van der Waals surface area (Å²) in [4.78, 5) is 27.7. The fourth-order valence-corrected chi connectivity index (χ4v) is 2.82. The van der Waals surface area contributed by atoms with Crippen molar-refractivity contribution in [2.24, 2.45) is 0 Å². The molecule has 1 N–H and O–H groups in total. The quantitative estimate of drug-likeness (QED) is 0.704. The highest BCUT2D eigenvalue weighted by Gasteiger charge is 2.15. The van der Waals surface area contributed by atoms with Crippen LogP contribution in [-0.4, -0.2) is 56.5 Å². The molecule has 28 heavy (non-hydrogen) atoms. The molecule has 0 aliphatic carbocycles. The highest BCUT2D eigenvalue weighted by atomic mass is 16.5. The highest BCUT2D eigenvalue weighted by Crippen LogP contribution is 2.26. The van der Waals surface area contributed by atoms with Crippen LogP contribution in [0.2, 0.25) is 0 Å². The van der Waals surface area contributed by atoms with Gasteiger partial charge in [-0.2, -0.15) is 0 Å². The monoisotopic (exact) mass is 383 g/mol. The van der Waals surface area contributed by atoms with E-state index < -0.39 is 0 Å². The smallest absolute Gasteiger partial charge is 0.321 e. The van der Waals surface area contributed by atoms with Gasteiger partial charge in [0.05, 0.1) is 12.8 Å². The lowest BCUT2D eigenvalue weighted by molar-refractivity contribution is 0.0827. The summed E-state index contributed by atoms with van der Waals surface area (Å²) in [6, 6.07) is 15.1. The van der Waals surface area contributed by atoms with Crippen LogP contribution in [0, 0.1) is 0 Å². The van der Waals surface area contributed by atoms with Crippen molar-refractivity contribution >= 4 is 17.6 Å². The first kappa shape index (κ1) is 21.3. The van der Waals surface area contributed by atoms with Gasteiger partial charge in [-0.3, -0.25) is 4.79 Å². The minimum Gasteiger partial charge on any atom is -0.495 e. The molecule has 0 spiro atoms. The number of amides is 3. The number of carbonyl (C=O) groups excluding carboxylic acids is 2. The Morgan fingerprint density at radius 2 is 1.71 bits per heavy atom. The molecule has 0 aliphatic rings. The predicted octanol–water partition coefficient (Wildman–Crippen LogP) is 3.88. The summed E-state index contributed by atoms with van der Waals surface area (Å²) < 4.78 is 5.34. The molecule has 2 aromatic carbocycles. The van der Waals surface area contributed by atoms with E-state index in [0.29, 0.717) is 23.5 Å². The van der Waals surface area contributed by atoms with Crippen LogP contribution in [0.1, 0.15) is 28.8 Å². The van der Waals surface area contributed by atoms with Gasteiger partial charge in [-0.05, 0) is 43.0 Å². The number of nitrogens with one attached hydrogen (secondary N) is 1. The Labute approximate surface area is 167 Å². The Morgan fingerprint density at radius 3 is 2.36 bits per heavy atom. The normalized spacial score (nSPS) is 10.3. The van der Waals surface area contributed by atoms with Gasteiger partial charge in [0.1, 0.15) is 5.75 Å². The minimum absolute atomic E-state index is 0.119. The van der Waals surface area contributed by atoms with Crippen molar-refractivity contribution in [3.63, 3.8) is 0 Å². The second-order valence-corrected chi connectivity index (χ2v) is 6.91. The number of ether oxygens (including phenoxy) is 1. The van der Waals surface area contributed by atoms with E-state index in [0.717, 1.165) is 19.3 Å². The average Bonchev–Trinajstić information content (AvgIpc) is 2.71. The molecule has 3 amide bonds. The maximum absolute atomic E-state index is 12.5. The number of unbranched alkanes of at least 4 members (excludes halogenated alkanes) is 1. The van der Waals surface area contributed by atoms with E-state index >= 15 is 0 Å². The number of methoxy groups -OCH3 is 1. The van der Waals surface area contributed by atoms with Crippen LogP contribution >= 0.6 is 0 Å². The summed E-state index contributed by atoms with van der Waals surface area (Å²) in [5.41, 5.74) is 2.36. The van der Waals surface area contributed by atoms with Gasteiger partial charge in [0.25, 0.3) is 5.91 Å². The van der Waals surface area contributed by atoms with Crippen LogP contribution in [0.15, 0.2) is 48.5 Å². The average molecular weight is 383 g/mol. The van der Waals surface area contributed by atoms with Gasteiger partial charge in [0, 0.05) is 33.3 Å². The van der Waals surface area contributed by atoms with E-state index in [1.54, 1.807) is 44.2 Å². The Balaban J connectivity index is 1.87. The van der Waals surface area contributed by atoms with Gasteiger partial charge in [-0.1, -0.05) is 30.3 Å². The first-order valence-electron chi connectivity index (χ1n) is 9.38. The lowest BCUT2D eigenvalue weighted by Gasteiger charge is -2.19. The summed E-state index contributed by atoms with van der Waals surface area (Å²) in [5.74, 6) is 0.338. The van der Waals surface area contributed by atoms with E-state index in [2.05, 4.69) is 17.4 Å². The molecule has 2 aromatic rings. The van der Waals surface area contributed by atoms with Crippen LogP contribution < -0.4 is 10.1 Å². The van der Waals surface area contributed by atoms with Crippen LogP contribution in [0.3, 0.4) is 0 Å². The summed E-state index contributed by atoms with van der Waals surface area (Å²) >= 11 is 0. The molecule has 0 radical (unpaired) electrons. The maximum Gasteiger partial charge on any atom is 0.321 e. The highest BCUT2D eigenvalue weighted by molar-refractivity contribution is 5.96. The maximum atomic E-state index is 12.5. The number of anilines is 1. The van der Waals surface area contributed by atoms with Crippen molar-refractivity contribution in [3.05, 3.63) is 59.7 Å². The first-order valence-corrected chi connectivity index (χ1v) is 9.38. The molecule has 0 heterocycles. The summed E-state index contributed by atoms with van der Waals surface area (Å²) in [6.07, 6.45) is 2.95. The second-order valence-electron chi connectivity index (χ2n) is 6.91. The number of benzene rings is 2. The molecule has 6 heteroatoms. The first-order chi connectivity index (χ1) is 13.4. The molecule has 2 rings (SSSR count). The number of hydrogen-bond acceptors (Lipinski definition) is 3. The molecule has 0 atom stereocenters. The lowest BCUT2D eigenvalue weighted by Crippen LogP contribution is -2.32. The molecule has 0 aromatic heterocycles. The molecule has 0 aliphatic heterocycles. The molecule has 6 nitrogen and oxygen atoms in total. The number of rotatable bonds is 8. The molecule has 0 bridgehead atoms. The predicted molar refractivity (Wildman–Crippen MR) is 112 cm³/mol. The molecule has 150 valence electrons. The third kappa shape index (κ3) is 6.01. The molecule has 0 fully saturated rings. The van der Waals surface area contributed by atoms with Crippen LogP contribution in [-0.2, 0) is 6.42 Å². The van der Waals surface area contributed by atoms with E-state index in [1.165, 1.54) is 17.6 Å². The topological polar surface area (TPSA) is 61.9 Å². The Bertz CT molecular complexity index is 791. The fourth-order valence-electron chi connectivity index (χ4n) is 2.82. The van der Waals surface area contributed by atoms with Gasteiger partial charge in [-0.25, -0.2) is 4.79 Å². The second kappa shape index (κ2) is 10.3. The number of hydrogen-bond donors (Lipinski definition) is 1. The van der Waals surface area contributed by atoms with E-state index in [9.17, 15) is 9.59 Å². The lowest BCUT2D eigenvalue weighted by atomic mass is 10.1. The third-order valence-corrected chi connectivity index (χ3v) is 4.49. The molecular formula is C22H29N3O3. The number of urea groups is 1. The van der Waals surface area contributed by atoms with Crippen molar-refractivity contribution in [2.45, 2.75) is 19.3 Å². The van der Waals surface area contributed by atoms with E-state index in [1.807, 2.05) is 18.2 Å². The van der Waals surface area contributed by atoms with E-state index in [-0.39, 0.29) is 11.9 Å². The Hall–Kier alpha value is -3.02. The van der Waals surface area contributed by atoms with E-state index in [4.69, 9.17) is 4.74 Å². The zero-order chi connectivity index (χ0) is 20.5. The third-order valence-electron chi connectivity index (χ3n) is 4.49. The fraction of sp³-hybridized carbons (Fsp3) is 0.364. The Kier molecular flexibility index (Phi) is 7.87. The van der Waals surface area contributed by atoms with Crippen LogP contribution in [0.5, 0.6) is 5.75 Å². The van der Waals surface area contributed by atoms with Crippen molar-refractivity contribution in [1.82, 2.24) is 9.80 Å². The van der Waals surface area contributed by atoms with Crippen molar-refractivity contribution < 1.29 is 14.3 Å². The molecule has 0 saturated heterocycles. The van der Waals surface area contributed by atoms with Gasteiger partial charge in [-0.15, -0.1) is 0 Å². The zero-order valence-electron chi connectivity index (χ0n) is 17.1. The van der Waals surface area contributed by atoms with Gasteiger partial charge >= 0.3 is 6.03 Å². The number of carbonyl (C=O) groups is 2. The van der Waals surface area contributed by atoms with Crippen molar-refractivity contribution in [3.8, 4) is 5.75 Å². The standard InChI is InChI=1S/C22H29N3O3/c1-24(2)21(26)18-13-14-19(20(16-18)28-4)23-22(27)25(3)15-9-8-12-17-10-6-5-7-11-17/h5-7,10-11,13-14,16H,8-9,12,15H2,1-4H3,(H,23,27). The molecule has 0 unspecified atom stereocenters. The van der Waals surface area contributed by atoms with Crippen molar-refractivity contribution in [1.29, 1.82) is 0 Å². The summed E-state index contributed by atoms with van der Waals surface area (Å²) in [5, 5.41) is 2.85. The summed E-state index contributed by atoms with van der Waals surface area (Å²) in [7, 11) is 6.67. The van der Waals surface area contributed by atoms with Crippen LogP contribution in [0.4, 0.5) is 10.5 Å². The Morgan fingerprint density at radius 1 is 1.00 bits per heavy atom. The molecular weight excluding hydrogens is 354 g/mol. The van der Waals surface area contributed by atoms with Crippen LogP contribution in [0.25, 0.3) is 0 Å².